The minimum Gasteiger partial charge on any atom is -0.501 e. The van der Waals surface area contributed by atoms with E-state index in [0.717, 1.165) is 55.5 Å². The van der Waals surface area contributed by atoms with Gasteiger partial charge in [0.25, 0.3) is 0 Å². The standard InChI is InChI=1S/C43H35N2O.C15H16N.Ir/c1-27(2)36-24-32(30-16-9-6-10-17-30)25-37(28(3)4)41(36)45-39-21-12-11-20-38(39)44-43(45)35-19-13-18-34-33-23-22-31(26-40(33)46-42(34)35)29-14-7-5-8-15-29;1-11(2)14-9-15(16-10-12(14)3)13-7-5-4-6-8-13;/h5-18,20-28H,1-4H3;4-7,9-11H,1-3H3;/q2*-1;/i;3D3,11D;. The van der Waals surface area contributed by atoms with Crippen LogP contribution in [0.5, 0.6) is 0 Å². The van der Waals surface area contributed by atoms with E-state index in [0.29, 0.717) is 11.3 Å². The third-order valence-corrected chi connectivity index (χ3v) is 11.5. The summed E-state index contributed by atoms with van der Waals surface area (Å²) in [5.74, 6) is 0.404. The summed E-state index contributed by atoms with van der Waals surface area (Å²) in [6.45, 7) is 10.2. The molecule has 0 N–H and O–H groups in total. The van der Waals surface area contributed by atoms with E-state index < -0.39 is 12.7 Å². The van der Waals surface area contributed by atoms with Crippen LogP contribution in [-0.4, -0.2) is 14.5 Å². The molecule has 0 bridgehead atoms. The summed E-state index contributed by atoms with van der Waals surface area (Å²) in [6.07, 6.45) is 1.36. The third-order valence-electron chi connectivity index (χ3n) is 11.5. The van der Waals surface area contributed by atoms with Gasteiger partial charge in [-0.2, -0.15) is 0 Å². The van der Waals surface area contributed by atoms with Crippen LogP contribution in [0.1, 0.15) is 87.0 Å². The number of benzene rings is 7. The average Bonchev–Trinajstić information content (AvgIpc) is 3.90. The molecule has 0 saturated carbocycles. The summed E-state index contributed by atoms with van der Waals surface area (Å²) in [7, 11) is 0. The Kier molecular flexibility index (Phi) is 11.3. The predicted molar refractivity (Wildman–Crippen MR) is 259 cm³/mol. The molecule has 63 heavy (non-hydrogen) atoms. The predicted octanol–water partition coefficient (Wildman–Crippen LogP) is 16.0. The van der Waals surface area contributed by atoms with Crippen molar-refractivity contribution in [3.8, 4) is 50.6 Å². The topological polar surface area (TPSA) is 43.9 Å². The van der Waals surface area contributed by atoms with Crippen LogP contribution < -0.4 is 0 Å². The largest absolute Gasteiger partial charge is 0.501 e. The van der Waals surface area contributed by atoms with Crippen molar-refractivity contribution in [3.05, 3.63) is 198 Å². The van der Waals surface area contributed by atoms with Gasteiger partial charge in [0.2, 0.25) is 0 Å². The zero-order valence-electron chi connectivity index (χ0n) is 40.3. The molecule has 10 rings (SSSR count). The van der Waals surface area contributed by atoms with E-state index >= 15 is 0 Å². The molecule has 5 heteroatoms. The zero-order chi connectivity index (χ0) is 46.3. The fraction of sp³-hybridized carbons (Fsp3) is 0.172. The first-order valence-electron chi connectivity index (χ1n) is 23.3. The van der Waals surface area contributed by atoms with Crippen molar-refractivity contribution in [1.82, 2.24) is 14.5 Å². The smallest absolute Gasteiger partial charge is 0.121 e. The maximum Gasteiger partial charge on any atom is 0.121 e. The fourth-order valence-electron chi connectivity index (χ4n) is 8.32. The molecule has 315 valence electrons. The van der Waals surface area contributed by atoms with Crippen molar-refractivity contribution in [1.29, 1.82) is 0 Å². The fourth-order valence-corrected chi connectivity index (χ4v) is 8.32. The van der Waals surface area contributed by atoms with Crippen LogP contribution in [0, 0.1) is 19.0 Å². The number of nitrogens with zero attached hydrogens (tertiary/aromatic N) is 3. The van der Waals surface area contributed by atoms with Gasteiger partial charge in [-0.25, -0.2) is 0 Å². The first kappa shape index (κ1) is 38.3. The number of para-hydroxylation sites is 2. The number of hydrogen-bond donors (Lipinski definition) is 0. The number of pyridine rings is 1. The van der Waals surface area contributed by atoms with Gasteiger partial charge in [-0.15, -0.1) is 54.1 Å². The summed E-state index contributed by atoms with van der Waals surface area (Å²) in [4.78, 5) is 9.51. The first-order chi connectivity index (χ1) is 31.7. The Hall–Kier alpha value is -6.39. The van der Waals surface area contributed by atoms with Crippen molar-refractivity contribution in [2.24, 2.45) is 0 Å². The quantitative estimate of drug-likeness (QED) is 0.143. The third kappa shape index (κ3) is 8.56. The molecule has 0 fully saturated rings. The van der Waals surface area contributed by atoms with Gasteiger partial charge in [0.05, 0.1) is 22.4 Å². The van der Waals surface area contributed by atoms with Crippen LogP contribution in [0.15, 0.2) is 168 Å². The van der Waals surface area contributed by atoms with Gasteiger partial charge >= 0.3 is 0 Å². The van der Waals surface area contributed by atoms with Crippen LogP contribution in [0.2, 0.25) is 0 Å². The molecule has 0 saturated heterocycles. The number of imidazole rings is 1. The number of aromatic nitrogens is 3. The molecule has 0 unspecified atom stereocenters. The minimum atomic E-state index is -2.26. The van der Waals surface area contributed by atoms with Gasteiger partial charge in [0.15, 0.2) is 0 Å². The van der Waals surface area contributed by atoms with E-state index in [-0.39, 0.29) is 37.5 Å². The van der Waals surface area contributed by atoms with Crippen LogP contribution >= 0.6 is 0 Å². The molecule has 7 aromatic carbocycles. The Morgan fingerprint density at radius 1 is 0.619 bits per heavy atom. The average molecular weight is 1000 g/mol. The van der Waals surface area contributed by atoms with Gasteiger partial charge in [-0.1, -0.05) is 143 Å². The molecule has 3 aromatic heterocycles. The number of aryl methyl sites for hydroxylation is 1. The Balaban J connectivity index is 0.000000244. The van der Waals surface area contributed by atoms with Gasteiger partial charge in [-0.05, 0) is 105 Å². The van der Waals surface area contributed by atoms with E-state index in [9.17, 15) is 0 Å². The van der Waals surface area contributed by atoms with E-state index in [1.807, 2.05) is 30.3 Å². The van der Waals surface area contributed by atoms with Gasteiger partial charge in [0.1, 0.15) is 5.58 Å². The number of fused-ring (bicyclic) bond motifs is 4. The molecule has 0 amide bonds. The molecule has 0 aliphatic heterocycles. The number of rotatable bonds is 8. The van der Waals surface area contributed by atoms with Crippen LogP contribution in [-0.2, 0) is 20.1 Å². The normalized spacial score (nSPS) is 12.7. The van der Waals surface area contributed by atoms with Crippen molar-refractivity contribution in [3.63, 3.8) is 0 Å². The molecule has 4 nitrogen and oxygen atoms in total. The monoisotopic (exact) mass is 1000 g/mol. The Bertz CT molecular complexity index is 3300. The molecule has 0 spiro atoms. The number of hydrogen-bond acceptors (Lipinski definition) is 3. The second-order valence-electron chi connectivity index (χ2n) is 16.6. The first-order valence-corrected chi connectivity index (χ1v) is 21.3. The van der Waals surface area contributed by atoms with Gasteiger partial charge in [0, 0.05) is 42.9 Å². The van der Waals surface area contributed by atoms with E-state index in [1.54, 1.807) is 26.0 Å². The minimum absolute atomic E-state index is 0. The Morgan fingerprint density at radius 3 is 1.94 bits per heavy atom. The van der Waals surface area contributed by atoms with E-state index in [1.165, 1.54) is 39.7 Å². The van der Waals surface area contributed by atoms with Crippen LogP contribution in [0.25, 0.3) is 83.6 Å². The maximum absolute atomic E-state index is 8.16. The van der Waals surface area contributed by atoms with Crippen molar-refractivity contribution < 1.29 is 30.0 Å². The van der Waals surface area contributed by atoms with Crippen molar-refractivity contribution in [2.75, 3.05) is 0 Å². The molecule has 0 aliphatic rings. The van der Waals surface area contributed by atoms with Gasteiger partial charge < -0.3 is 14.0 Å². The van der Waals surface area contributed by atoms with E-state index in [4.69, 9.17) is 14.9 Å². The molecular formula is C58H51IrN3O-2. The zero-order valence-corrected chi connectivity index (χ0v) is 38.7. The van der Waals surface area contributed by atoms with E-state index in [2.05, 4.69) is 165 Å². The maximum atomic E-state index is 8.16. The summed E-state index contributed by atoms with van der Waals surface area (Å²) in [5.41, 5.74) is 15.1. The molecule has 1 radical (unpaired) electrons. The van der Waals surface area contributed by atoms with Crippen LogP contribution in [0.3, 0.4) is 0 Å². The second kappa shape index (κ2) is 18.5. The summed E-state index contributed by atoms with van der Waals surface area (Å²) in [6, 6.07) is 60.6. The molecular weight excluding hydrogens is 947 g/mol. The molecule has 3 heterocycles. The Labute approximate surface area is 390 Å². The van der Waals surface area contributed by atoms with Gasteiger partial charge in [-0.3, -0.25) is 4.98 Å². The van der Waals surface area contributed by atoms with Crippen LogP contribution in [0.4, 0.5) is 0 Å². The molecule has 10 aromatic rings. The van der Waals surface area contributed by atoms with Crippen molar-refractivity contribution in [2.45, 2.75) is 66.1 Å². The summed E-state index contributed by atoms with van der Waals surface area (Å²) >= 11 is 0. The number of furan rings is 1. The molecule has 0 aliphatic carbocycles. The Morgan fingerprint density at radius 2 is 1.29 bits per heavy atom. The summed E-state index contributed by atoms with van der Waals surface area (Å²) < 4.78 is 40.0. The molecule has 0 atom stereocenters. The van der Waals surface area contributed by atoms with Crippen molar-refractivity contribution >= 4 is 33.0 Å². The SMILES string of the molecule is CC(C)c1cc(-c2ccccc2)cc(C(C)C)c1-n1c(-c2[c-]ccc3c2oc2cc(-c4ccccc4)ccc23)nc2ccccc21.[2H]C([2H])([2H])c1cnc(-c2[c-]cccc2)cc1C([2H])(C)C.[Ir]. The second-order valence-corrected chi connectivity index (χ2v) is 16.6. The summed E-state index contributed by atoms with van der Waals surface area (Å²) in [5, 5.41) is 2.15.